The number of benzene rings is 2. The van der Waals surface area contributed by atoms with E-state index in [2.05, 4.69) is 10.3 Å². The van der Waals surface area contributed by atoms with E-state index in [1.54, 1.807) is 12.3 Å². The SMILES string of the molecule is CC(=O)OCC(NC(=O)OCc1ccccc1)C(=O)c1c[nH]c2ccccc12. The van der Waals surface area contributed by atoms with Gasteiger partial charge in [-0.2, -0.15) is 0 Å². The van der Waals surface area contributed by atoms with Crippen LogP contribution >= 0.6 is 0 Å². The van der Waals surface area contributed by atoms with Crippen molar-refractivity contribution in [3.05, 3.63) is 71.9 Å². The highest BCUT2D eigenvalue weighted by Crippen LogP contribution is 2.19. The Kier molecular flexibility index (Phi) is 6.06. The van der Waals surface area contributed by atoms with E-state index < -0.39 is 18.1 Å². The van der Waals surface area contributed by atoms with Crippen molar-refractivity contribution in [2.75, 3.05) is 6.61 Å². The average Bonchev–Trinajstić information content (AvgIpc) is 3.14. The number of hydrogen-bond acceptors (Lipinski definition) is 5. The minimum Gasteiger partial charge on any atom is -0.463 e. The number of alkyl carbamates (subject to hydrolysis) is 1. The van der Waals surface area contributed by atoms with E-state index in [1.165, 1.54) is 6.92 Å². The minimum atomic E-state index is -1.06. The number of hydrogen-bond donors (Lipinski definition) is 2. The molecule has 7 heteroatoms. The number of esters is 1. The molecule has 1 amide bonds. The standard InChI is InChI=1S/C21H20N2O5/c1-14(24)27-13-19(23-21(26)28-12-15-7-3-2-4-8-15)20(25)17-11-22-18-10-6-5-9-16(17)18/h2-11,19,22H,12-13H2,1H3,(H,23,26). The van der Waals surface area contributed by atoms with Gasteiger partial charge in [0.25, 0.3) is 0 Å². The predicted molar refractivity (Wildman–Crippen MR) is 103 cm³/mol. The van der Waals surface area contributed by atoms with Gasteiger partial charge in [-0.15, -0.1) is 0 Å². The topological polar surface area (TPSA) is 97.5 Å². The van der Waals surface area contributed by atoms with E-state index >= 15 is 0 Å². The van der Waals surface area contributed by atoms with Crippen molar-refractivity contribution in [3.63, 3.8) is 0 Å². The lowest BCUT2D eigenvalue weighted by molar-refractivity contribution is -0.141. The fraction of sp³-hybridized carbons (Fsp3) is 0.190. The van der Waals surface area contributed by atoms with E-state index in [4.69, 9.17) is 9.47 Å². The largest absolute Gasteiger partial charge is 0.463 e. The van der Waals surface area contributed by atoms with Gasteiger partial charge < -0.3 is 19.8 Å². The van der Waals surface area contributed by atoms with Gasteiger partial charge in [-0.1, -0.05) is 48.5 Å². The molecular weight excluding hydrogens is 360 g/mol. The van der Waals surface area contributed by atoms with Crippen molar-refractivity contribution >= 4 is 28.7 Å². The lowest BCUT2D eigenvalue weighted by Gasteiger charge is -2.17. The van der Waals surface area contributed by atoms with Gasteiger partial charge in [0.1, 0.15) is 19.3 Å². The molecule has 144 valence electrons. The number of rotatable bonds is 7. The number of carbonyl (C=O) groups is 3. The van der Waals surface area contributed by atoms with Crippen LogP contribution in [0.1, 0.15) is 22.8 Å². The molecule has 0 radical (unpaired) electrons. The van der Waals surface area contributed by atoms with Crippen molar-refractivity contribution in [2.45, 2.75) is 19.6 Å². The van der Waals surface area contributed by atoms with Crippen LogP contribution in [-0.4, -0.2) is 35.5 Å². The zero-order chi connectivity index (χ0) is 19.9. The molecule has 2 N–H and O–H groups in total. The molecule has 3 rings (SSSR count). The first kappa shape index (κ1) is 19.2. The molecule has 1 atom stereocenters. The van der Waals surface area contributed by atoms with Gasteiger partial charge in [-0.25, -0.2) is 4.79 Å². The first-order valence-electron chi connectivity index (χ1n) is 8.75. The summed E-state index contributed by atoms with van der Waals surface area (Å²) in [6, 6.07) is 15.4. The van der Waals surface area contributed by atoms with Crippen LogP contribution in [0.3, 0.4) is 0 Å². The number of fused-ring (bicyclic) bond motifs is 1. The smallest absolute Gasteiger partial charge is 0.408 e. The van der Waals surface area contributed by atoms with Gasteiger partial charge in [-0.05, 0) is 11.6 Å². The number of nitrogens with one attached hydrogen (secondary N) is 2. The number of carbonyl (C=O) groups excluding carboxylic acids is 3. The van der Waals surface area contributed by atoms with E-state index in [-0.39, 0.29) is 19.0 Å². The third-order valence-electron chi connectivity index (χ3n) is 4.13. The van der Waals surface area contributed by atoms with Gasteiger partial charge >= 0.3 is 12.1 Å². The molecule has 1 aromatic heterocycles. The van der Waals surface area contributed by atoms with Crippen LogP contribution in [0.5, 0.6) is 0 Å². The summed E-state index contributed by atoms with van der Waals surface area (Å²) < 4.78 is 10.1. The summed E-state index contributed by atoms with van der Waals surface area (Å²) in [6.07, 6.45) is 0.805. The molecule has 7 nitrogen and oxygen atoms in total. The molecule has 28 heavy (non-hydrogen) atoms. The van der Waals surface area contributed by atoms with Gasteiger partial charge in [0.05, 0.1) is 0 Å². The summed E-state index contributed by atoms with van der Waals surface area (Å²) in [4.78, 5) is 39.3. The maximum absolute atomic E-state index is 13.0. The summed E-state index contributed by atoms with van der Waals surface area (Å²) >= 11 is 0. The number of para-hydroxylation sites is 1. The Hall–Kier alpha value is -3.61. The Labute approximate surface area is 161 Å². The van der Waals surface area contributed by atoms with Crippen molar-refractivity contribution in [1.82, 2.24) is 10.3 Å². The second kappa shape index (κ2) is 8.85. The van der Waals surface area contributed by atoms with Crippen LogP contribution in [-0.2, 0) is 20.9 Å². The molecule has 0 saturated carbocycles. The second-order valence-electron chi connectivity index (χ2n) is 6.17. The Morgan fingerprint density at radius 3 is 2.46 bits per heavy atom. The molecule has 0 spiro atoms. The molecule has 2 aromatic carbocycles. The maximum atomic E-state index is 13.0. The monoisotopic (exact) mass is 380 g/mol. The average molecular weight is 380 g/mol. The fourth-order valence-electron chi connectivity index (χ4n) is 2.75. The van der Waals surface area contributed by atoms with Crippen LogP contribution < -0.4 is 5.32 Å². The first-order valence-corrected chi connectivity index (χ1v) is 8.75. The molecule has 0 aliphatic rings. The summed E-state index contributed by atoms with van der Waals surface area (Å²) in [5.41, 5.74) is 2.01. The van der Waals surface area contributed by atoms with Crippen LogP contribution in [0.15, 0.2) is 60.8 Å². The number of aromatic amines is 1. The molecule has 0 aliphatic heterocycles. The fourth-order valence-corrected chi connectivity index (χ4v) is 2.75. The molecule has 1 heterocycles. The van der Waals surface area contributed by atoms with Gasteiger partial charge in [0.2, 0.25) is 0 Å². The maximum Gasteiger partial charge on any atom is 0.408 e. The summed E-state index contributed by atoms with van der Waals surface area (Å²) in [7, 11) is 0. The highest BCUT2D eigenvalue weighted by Gasteiger charge is 2.26. The molecule has 0 aliphatic carbocycles. The number of ketones is 1. The van der Waals surface area contributed by atoms with Crippen molar-refractivity contribution in [1.29, 1.82) is 0 Å². The van der Waals surface area contributed by atoms with Crippen LogP contribution in [0.4, 0.5) is 4.79 Å². The summed E-state index contributed by atoms with van der Waals surface area (Å²) in [5, 5.41) is 3.22. The molecule has 3 aromatic rings. The number of aromatic nitrogens is 1. The molecular formula is C21H20N2O5. The zero-order valence-corrected chi connectivity index (χ0v) is 15.3. The Morgan fingerprint density at radius 1 is 1.00 bits per heavy atom. The van der Waals surface area contributed by atoms with Crippen LogP contribution in [0.25, 0.3) is 10.9 Å². The van der Waals surface area contributed by atoms with E-state index in [1.807, 2.05) is 48.5 Å². The third-order valence-corrected chi connectivity index (χ3v) is 4.13. The second-order valence-corrected chi connectivity index (χ2v) is 6.17. The summed E-state index contributed by atoms with van der Waals surface area (Å²) in [5.74, 6) is -0.924. The van der Waals surface area contributed by atoms with Crippen molar-refractivity contribution in [2.24, 2.45) is 0 Å². The van der Waals surface area contributed by atoms with Gasteiger partial charge in [-0.3, -0.25) is 9.59 Å². The Bertz CT molecular complexity index is 981. The van der Waals surface area contributed by atoms with E-state index in [0.29, 0.717) is 5.56 Å². The third kappa shape index (κ3) is 4.76. The predicted octanol–water partition coefficient (Wildman–Crippen LogP) is 3.21. The Balaban J connectivity index is 1.71. The Morgan fingerprint density at radius 2 is 1.71 bits per heavy atom. The number of amides is 1. The van der Waals surface area contributed by atoms with Gasteiger partial charge in [0.15, 0.2) is 5.78 Å². The van der Waals surface area contributed by atoms with Crippen molar-refractivity contribution in [3.8, 4) is 0 Å². The lowest BCUT2D eigenvalue weighted by atomic mass is 10.0. The minimum absolute atomic E-state index is 0.0637. The quantitative estimate of drug-likeness (QED) is 0.485. The molecule has 0 bridgehead atoms. The first-order chi connectivity index (χ1) is 13.5. The molecule has 1 unspecified atom stereocenters. The van der Waals surface area contributed by atoms with Crippen LogP contribution in [0.2, 0.25) is 0 Å². The highest BCUT2D eigenvalue weighted by molar-refractivity contribution is 6.11. The van der Waals surface area contributed by atoms with Gasteiger partial charge in [0, 0.05) is 29.6 Å². The molecule has 0 saturated heterocycles. The normalized spacial score (nSPS) is 11.6. The number of H-pyrrole nitrogens is 1. The number of Topliss-reactive ketones (excluding diaryl/α,β-unsaturated/α-hetero) is 1. The van der Waals surface area contributed by atoms with E-state index in [0.717, 1.165) is 16.5 Å². The molecule has 0 fully saturated rings. The van der Waals surface area contributed by atoms with E-state index in [9.17, 15) is 14.4 Å². The van der Waals surface area contributed by atoms with Crippen LogP contribution in [0, 0.1) is 0 Å². The van der Waals surface area contributed by atoms with Crippen molar-refractivity contribution < 1.29 is 23.9 Å². The number of ether oxygens (including phenoxy) is 2. The summed E-state index contributed by atoms with van der Waals surface area (Å²) in [6.45, 7) is 1.02. The lowest BCUT2D eigenvalue weighted by Crippen LogP contribution is -2.44. The zero-order valence-electron chi connectivity index (χ0n) is 15.3. The highest BCUT2D eigenvalue weighted by atomic mass is 16.6.